The van der Waals surface area contributed by atoms with Crippen molar-refractivity contribution in [2.24, 2.45) is 0 Å². The molecule has 1 aliphatic heterocycles. The second kappa shape index (κ2) is 5.14. The van der Waals surface area contributed by atoms with Gasteiger partial charge in [-0.25, -0.2) is 4.39 Å². The summed E-state index contributed by atoms with van der Waals surface area (Å²) < 4.78 is 50.5. The summed E-state index contributed by atoms with van der Waals surface area (Å²) in [6, 6.07) is 3.24. The van der Waals surface area contributed by atoms with Crippen molar-refractivity contribution in [2.45, 2.75) is 25.1 Å². The van der Waals surface area contributed by atoms with Gasteiger partial charge in [0, 0.05) is 18.3 Å². The Morgan fingerprint density at radius 2 is 2.11 bits per heavy atom. The molecular formula is C12H14F4N2. The van der Waals surface area contributed by atoms with E-state index < -0.39 is 17.6 Å². The van der Waals surface area contributed by atoms with Crippen LogP contribution in [0.1, 0.15) is 18.4 Å². The van der Waals surface area contributed by atoms with Gasteiger partial charge in [0.25, 0.3) is 0 Å². The molecule has 1 saturated heterocycles. The minimum absolute atomic E-state index is 0.268. The Balaban J connectivity index is 2.04. The highest BCUT2D eigenvalue weighted by Crippen LogP contribution is 2.32. The fourth-order valence-corrected chi connectivity index (χ4v) is 2.02. The van der Waals surface area contributed by atoms with Crippen LogP contribution >= 0.6 is 0 Å². The minimum atomic E-state index is -4.66. The monoisotopic (exact) mass is 262 g/mol. The summed E-state index contributed by atoms with van der Waals surface area (Å²) in [5.41, 5.74) is -0.940. The molecule has 1 fully saturated rings. The average molecular weight is 262 g/mol. The molecule has 2 N–H and O–H groups in total. The van der Waals surface area contributed by atoms with Crippen LogP contribution < -0.4 is 10.6 Å². The summed E-state index contributed by atoms with van der Waals surface area (Å²) >= 11 is 0. The zero-order valence-electron chi connectivity index (χ0n) is 9.65. The SMILES string of the molecule is Fc1ccc(NCC2CCCN2)cc1C(F)(F)F. The highest BCUT2D eigenvalue weighted by molar-refractivity contribution is 5.47. The Morgan fingerprint density at radius 1 is 1.33 bits per heavy atom. The maximum atomic E-state index is 13.0. The highest BCUT2D eigenvalue weighted by atomic mass is 19.4. The molecule has 0 saturated carbocycles. The van der Waals surface area contributed by atoms with E-state index in [-0.39, 0.29) is 11.7 Å². The Bertz CT molecular complexity index is 411. The Kier molecular flexibility index (Phi) is 3.75. The number of anilines is 1. The molecule has 2 rings (SSSR count). The van der Waals surface area contributed by atoms with Gasteiger partial charge in [-0.05, 0) is 37.6 Å². The third kappa shape index (κ3) is 3.13. The van der Waals surface area contributed by atoms with E-state index in [0.29, 0.717) is 6.54 Å². The predicted molar refractivity (Wildman–Crippen MR) is 60.9 cm³/mol. The molecule has 6 heteroatoms. The summed E-state index contributed by atoms with van der Waals surface area (Å²) in [6.07, 6.45) is -2.59. The maximum absolute atomic E-state index is 13.0. The molecule has 0 aromatic heterocycles. The van der Waals surface area contributed by atoms with E-state index in [1.807, 2.05) is 0 Å². The summed E-state index contributed by atoms with van der Waals surface area (Å²) in [5, 5.41) is 6.12. The molecule has 18 heavy (non-hydrogen) atoms. The van der Waals surface area contributed by atoms with E-state index in [1.165, 1.54) is 6.07 Å². The molecule has 1 atom stereocenters. The lowest BCUT2D eigenvalue weighted by molar-refractivity contribution is -0.139. The summed E-state index contributed by atoms with van der Waals surface area (Å²) in [5.74, 6) is -1.24. The molecule has 0 bridgehead atoms. The fraction of sp³-hybridized carbons (Fsp3) is 0.500. The van der Waals surface area contributed by atoms with Gasteiger partial charge in [0.1, 0.15) is 5.82 Å². The van der Waals surface area contributed by atoms with Crippen LogP contribution in [0.3, 0.4) is 0 Å². The van der Waals surface area contributed by atoms with Gasteiger partial charge in [-0.1, -0.05) is 0 Å². The van der Waals surface area contributed by atoms with Crippen LogP contribution in [-0.4, -0.2) is 19.1 Å². The Morgan fingerprint density at radius 3 is 2.72 bits per heavy atom. The van der Waals surface area contributed by atoms with E-state index in [0.717, 1.165) is 31.5 Å². The molecule has 100 valence electrons. The van der Waals surface area contributed by atoms with E-state index in [1.54, 1.807) is 0 Å². The van der Waals surface area contributed by atoms with Crippen LogP contribution in [0.15, 0.2) is 18.2 Å². The molecular weight excluding hydrogens is 248 g/mol. The topological polar surface area (TPSA) is 24.1 Å². The van der Waals surface area contributed by atoms with Crippen molar-refractivity contribution in [3.05, 3.63) is 29.6 Å². The van der Waals surface area contributed by atoms with Gasteiger partial charge >= 0.3 is 6.18 Å². The first-order valence-electron chi connectivity index (χ1n) is 5.81. The van der Waals surface area contributed by atoms with E-state index >= 15 is 0 Å². The standard InChI is InChI=1S/C12H14F4N2/c13-11-4-3-8(6-10(11)12(14,15)16)18-7-9-2-1-5-17-9/h3-4,6,9,17-18H,1-2,5,7H2. The van der Waals surface area contributed by atoms with Crippen LogP contribution in [0.5, 0.6) is 0 Å². The molecule has 0 spiro atoms. The molecule has 1 heterocycles. The van der Waals surface area contributed by atoms with Crippen LogP contribution in [-0.2, 0) is 6.18 Å². The first-order chi connectivity index (χ1) is 8.47. The molecule has 1 aliphatic rings. The molecule has 0 radical (unpaired) electrons. The number of rotatable bonds is 3. The van der Waals surface area contributed by atoms with Gasteiger partial charge in [-0.2, -0.15) is 13.2 Å². The first kappa shape index (κ1) is 13.1. The summed E-state index contributed by atoms with van der Waals surface area (Å²) in [6.45, 7) is 1.48. The first-order valence-corrected chi connectivity index (χ1v) is 5.81. The maximum Gasteiger partial charge on any atom is 0.419 e. The Labute approximate surface area is 102 Å². The van der Waals surface area contributed by atoms with E-state index in [4.69, 9.17) is 0 Å². The Hall–Kier alpha value is -1.30. The second-order valence-corrected chi connectivity index (χ2v) is 4.37. The van der Waals surface area contributed by atoms with Gasteiger partial charge < -0.3 is 10.6 Å². The van der Waals surface area contributed by atoms with Crippen molar-refractivity contribution in [3.8, 4) is 0 Å². The van der Waals surface area contributed by atoms with Crippen molar-refractivity contribution >= 4 is 5.69 Å². The third-order valence-corrected chi connectivity index (χ3v) is 2.99. The fourth-order valence-electron chi connectivity index (χ4n) is 2.02. The molecule has 1 aromatic carbocycles. The van der Waals surface area contributed by atoms with Crippen molar-refractivity contribution in [1.82, 2.24) is 5.32 Å². The largest absolute Gasteiger partial charge is 0.419 e. The molecule has 1 aromatic rings. The normalized spacial score (nSPS) is 20.1. The lowest BCUT2D eigenvalue weighted by atomic mass is 10.1. The van der Waals surface area contributed by atoms with Crippen LogP contribution in [0, 0.1) is 5.82 Å². The van der Waals surface area contributed by atoms with Crippen molar-refractivity contribution < 1.29 is 17.6 Å². The molecule has 0 aliphatic carbocycles. The summed E-state index contributed by atoms with van der Waals surface area (Å²) in [4.78, 5) is 0. The quantitative estimate of drug-likeness (QED) is 0.818. The lowest BCUT2D eigenvalue weighted by Gasteiger charge is -2.14. The van der Waals surface area contributed by atoms with Crippen molar-refractivity contribution in [1.29, 1.82) is 0 Å². The van der Waals surface area contributed by atoms with Gasteiger partial charge in [0.15, 0.2) is 0 Å². The van der Waals surface area contributed by atoms with Crippen LogP contribution in [0.2, 0.25) is 0 Å². The number of halogens is 4. The number of nitrogens with one attached hydrogen (secondary N) is 2. The molecule has 0 amide bonds. The van der Waals surface area contributed by atoms with E-state index in [9.17, 15) is 17.6 Å². The number of benzene rings is 1. The van der Waals surface area contributed by atoms with E-state index in [2.05, 4.69) is 10.6 Å². The second-order valence-electron chi connectivity index (χ2n) is 4.37. The van der Waals surface area contributed by atoms with Crippen molar-refractivity contribution in [2.75, 3.05) is 18.4 Å². The van der Waals surface area contributed by atoms with Crippen molar-refractivity contribution in [3.63, 3.8) is 0 Å². The molecule has 1 unspecified atom stereocenters. The number of hydrogen-bond acceptors (Lipinski definition) is 2. The number of alkyl halides is 3. The average Bonchev–Trinajstić information content (AvgIpc) is 2.79. The van der Waals surface area contributed by atoms with Crippen LogP contribution in [0.4, 0.5) is 23.2 Å². The van der Waals surface area contributed by atoms with Gasteiger partial charge in [0.05, 0.1) is 5.56 Å². The smallest absolute Gasteiger partial charge is 0.383 e. The third-order valence-electron chi connectivity index (χ3n) is 2.99. The summed E-state index contributed by atoms with van der Waals surface area (Å²) in [7, 11) is 0. The molecule has 2 nitrogen and oxygen atoms in total. The van der Waals surface area contributed by atoms with Gasteiger partial charge in [-0.3, -0.25) is 0 Å². The zero-order valence-corrected chi connectivity index (χ0v) is 9.65. The van der Waals surface area contributed by atoms with Crippen LogP contribution in [0.25, 0.3) is 0 Å². The van der Waals surface area contributed by atoms with Gasteiger partial charge in [0.2, 0.25) is 0 Å². The predicted octanol–water partition coefficient (Wildman–Crippen LogP) is 3.01. The zero-order chi connectivity index (χ0) is 13.2. The lowest BCUT2D eigenvalue weighted by Crippen LogP contribution is -2.29. The highest BCUT2D eigenvalue weighted by Gasteiger charge is 2.34. The number of hydrogen-bond donors (Lipinski definition) is 2. The minimum Gasteiger partial charge on any atom is -0.383 e. The van der Waals surface area contributed by atoms with Gasteiger partial charge in [-0.15, -0.1) is 0 Å².